The van der Waals surface area contributed by atoms with Gasteiger partial charge in [0.1, 0.15) is 17.5 Å². The van der Waals surface area contributed by atoms with Gasteiger partial charge < -0.3 is 15.0 Å². The number of halogens is 4. The third-order valence-corrected chi connectivity index (χ3v) is 5.77. The third kappa shape index (κ3) is 4.24. The zero-order chi connectivity index (χ0) is 26.2. The van der Waals surface area contributed by atoms with Gasteiger partial charge in [-0.3, -0.25) is 14.3 Å². The largest absolute Gasteiger partial charge is 0.495 e. The number of fused-ring (bicyclic) bond motifs is 1. The molecule has 186 valence electrons. The van der Waals surface area contributed by atoms with Gasteiger partial charge in [-0.05, 0) is 37.3 Å². The lowest BCUT2D eigenvalue weighted by atomic mass is 10.1. The number of methoxy groups -OCH3 is 1. The van der Waals surface area contributed by atoms with Crippen molar-refractivity contribution in [3.8, 4) is 11.8 Å². The van der Waals surface area contributed by atoms with Crippen LogP contribution in [0.1, 0.15) is 38.9 Å². The highest BCUT2D eigenvalue weighted by Gasteiger charge is 2.43. The van der Waals surface area contributed by atoms with Crippen LogP contribution >= 0.6 is 0 Å². The first-order valence-corrected chi connectivity index (χ1v) is 10.6. The zero-order valence-electron chi connectivity index (χ0n) is 19.0. The molecule has 12 heteroatoms. The van der Waals surface area contributed by atoms with Crippen LogP contribution in [0.3, 0.4) is 0 Å². The van der Waals surface area contributed by atoms with Crippen LogP contribution in [0.15, 0.2) is 48.7 Å². The zero-order valence-corrected chi connectivity index (χ0v) is 19.0. The summed E-state index contributed by atoms with van der Waals surface area (Å²) >= 11 is 0. The van der Waals surface area contributed by atoms with Crippen LogP contribution in [0.25, 0.3) is 0 Å². The van der Waals surface area contributed by atoms with E-state index in [1.807, 2.05) is 6.07 Å². The molecule has 2 aromatic carbocycles. The predicted octanol–water partition coefficient (Wildman–Crippen LogP) is 4.42. The van der Waals surface area contributed by atoms with E-state index in [0.29, 0.717) is 11.4 Å². The second-order valence-corrected chi connectivity index (χ2v) is 8.06. The Balaban J connectivity index is 1.62. The van der Waals surface area contributed by atoms with Crippen molar-refractivity contribution >= 4 is 23.2 Å². The minimum absolute atomic E-state index is 0.0263. The van der Waals surface area contributed by atoms with E-state index >= 15 is 0 Å². The maximum Gasteiger partial charge on any atom is 0.332 e. The van der Waals surface area contributed by atoms with E-state index in [1.54, 1.807) is 6.92 Å². The molecule has 2 heterocycles. The fourth-order valence-corrected chi connectivity index (χ4v) is 3.98. The minimum atomic E-state index is -4.33. The molecule has 1 aliphatic heterocycles. The highest BCUT2D eigenvalue weighted by Crippen LogP contribution is 2.36. The van der Waals surface area contributed by atoms with Crippen molar-refractivity contribution in [1.29, 1.82) is 5.26 Å². The van der Waals surface area contributed by atoms with E-state index in [1.165, 1.54) is 41.1 Å². The second kappa shape index (κ2) is 9.33. The Morgan fingerprint density at radius 3 is 2.56 bits per heavy atom. The standard InChI is InChI=1S/C24H19F4N5O3/c1-13-12-32-20(22(35)33(13)17-6-3-15(4-7-17)24(27,28)23(25)26)18(11-30-32)21(34)31-16-5-8-19(36-2)14(9-16)10-29/h3-9,11,13,23H,12H2,1-2H3,(H,31,34)/t13-/m0/s1. The molecule has 3 aromatic rings. The maximum absolute atomic E-state index is 13.7. The highest BCUT2D eigenvalue weighted by molar-refractivity contribution is 6.15. The van der Waals surface area contributed by atoms with Gasteiger partial charge in [0.2, 0.25) is 0 Å². The number of rotatable bonds is 6. The van der Waals surface area contributed by atoms with Gasteiger partial charge in [0.05, 0.1) is 37.0 Å². The van der Waals surface area contributed by atoms with Crippen LogP contribution in [-0.4, -0.2) is 41.2 Å². The Morgan fingerprint density at radius 2 is 1.94 bits per heavy atom. The number of alkyl halides is 4. The summed E-state index contributed by atoms with van der Waals surface area (Å²) in [5, 5.41) is 16.0. The molecule has 0 spiro atoms. The minimum Gasteiger partial charge on any atom is -0.495 e. The number of anilines is 2. The fourth-order valence-electron chi connectivity index (χ4n) is 3.98. The number of hydrogen-bond acceptors (Lipinski definition) is 5. The van der Waals surface area contributed by atoms with E-state index in [2.05, 4.69) is 10.4 Å². The van der Waals surface area contributed by atoms with Crippen LogP contribution in [-0.2, 0) is 12.5 Å². The Labute approximate surface area is 202 Å². The normalized spacial score (nSPS) is 15.4. The van der Waals surface area contributed by atoms with Gasteiger partial charge in [0.15, 0.2) is 0 Å². The van der Waals surface area contributed by atoms with Crippen LogP contribution in [0.2, 0.25) is 0 Å². The van der Waals surface area contributed by atoms with Gasteiger partial charge in [-0.1, -0.05) is 12.1 Å². The Morgan fingerprint density at radius 1 is 1.25 bits per heavy atom. The van der Waals surface area contributed by atoms with E-state index in [9.17, 15) is 32.4 Å². The van der Waals surface area contributed by atoms with Crippen molar-refractivity contribution < 1.29 is 31.9 Å². The first-order chi connectivity index (χ1) is 17.1. The molecule has 0 saturated carbocycles. The molecule has 0 radical (unpaired) electrons. The van der Waals surface area contributed by atoms with Crippen molar-refractivity contribution in [3.63, 3.8) is 0 Å². The average molecular weight is 501 g/mol. The number of carbonyl (C=O) groups excluding carboxylic acids is 2. The van der Waals surface area contributed by atoms with E-state index in [0.717, 1.165) is 24.3 Å². The molecule has 1 aromatic heterocycles. The summed E-state index contributed by atoms with van der Waals surface area (Å²) in [6.45, 7) is 1.90. The van der Waals surface area contributed by atoms with E-state index in [-0.39, 0.29) is 29.1 Å². The molecule has 1 atom stereocenters. The highest BCUT2D eigenvalue weighted by atomic mass is 19.3. The van der Waals surface area contributed by atoms with Gasteiger partial charge in [-0.15, -0.1) is 0 Å². The van der Waals surface area contributed by atoms with Crippen molar-refractivity contribution in [2.75, 3.05) is 17.3 Å². The lowest BCUT2D eigenvalue weighted by molar-refractivity contribution is -0.135. The molecule has 36 heavy (non-hydrogen) atoms. The van der Waals surface area contributed by atoms with Crippen LogP contribution in [0, 0.1) is 11.3 Å². The van der Waals surface area contributed by atoms with Crippen LogP contribution in [0.4, 0.5) is 28.9 Å². The monoisotopic (exact) mass is 501 g/mol. The Hall–Kier alpha value is -4.40. The molecule has 0 fully saturated rings. The summed E-state index contributed by atoms with van der Waals surface area (Å²) in [7, 11) is 1.41. The van der Waals surface area contributed by atoms with Gasteiger partial charge in [-0.2, -0.15) is 19.1 Å². The molecular weight excluding hydrogens is 482 g/mol. The number of ether oxygens (including phenoxy) is 1. The summed E-state index contributed by atoms with van der Waals surface area (Å²) in [6, 6.07) is 9.95. The lowest BCUT2D eigenvalue weighted by Gasteiger charge is -2.34. The first kappa shape index (κ1) is 24.7. The number of amides is 2. The quantitative estimate of drug-likeness (QED) is 0.504. The summed E-state index contributed by atoms with van der Waals surface area (Å²) in [5.41, 5.74) is -0.243. The topological polar surface area (TPSA) is 100 Å². The SMILES string of the molecule is COc1ccc(NC(=O)c2cnn3c2C(=O)N(c2ccc(C(F)(F)C(F)F)cc2)[C@@H](C)C3)cc1C#N. The summed E-state index contributed by atoms with van der Waals surface area (Å²) in [4.78, 5) is 27.7. The third-order valence-electron chi connectivity index (χ3n) is 5.77. The van der Waals surface area contributed by atoms with Gasteiger partial charge in [0.25, 0.3) is 11.8 Å². The summed E-state index contributed by atoms with van der Waals surface area (Å²) < 4.78 is 59.1. The number of carbonyl (C=O) groups is 2. The molecule has 0 bridgehead atoms. The first-order valence-electron chi connectivity index (χ1n) is 10.6. The van der Waals surface area contributed by atoms with E-state index < -0.39 is 35.8 Å². The number of benzene rings is 2. The van der Waals surface area contributed by atoms with Gasteiger partial charge in [0, 0.05) is 16.9 Å². The van der Waals surface area contributed by atoms with Crippen molar-refractivity contribution in [2.24, 2.45) is 0 Å². The molecule has 4 rings (SSSR count). The van der Waals surface area contributed by atoms with Crippen LogP contribution in [0.5, 0.6) is 5.75 Å². The van der Waals surface area contributed by atoms with Gasteiger partial charge >= 0.3 is 12.3 Å². The number of aromatic nitrogens is 2. The number of nitriles is 1. The summed E-state index contributed by atoms with van der Waals surface area (Å²) in [5.74, 6) is -5.26. The molecule has 1 N–H and O–H groups in total. The van der Waals surface area contributed by atoms with E-state index in [4.69, 9.17) is 4.74 Å². The molecule has 2 amide bonds. The average Bonchev–Trinajstić information content (AvgIpc) is 3.28. The molecular formula is C24H19F4N5O3. The lowest BCUT2D eigenvalue weighted by Crippen LogP contribution is -2.47. The molecule has 0 aliphatic carbocycles. The second-order valence-electron chi connectivity index (χ2n) is 8.06. The van der Waals surface area contributed by atoms with Crippen molar-refractivity contribution in [3.05, 3.63) is 71.0 Å². The molecule has 0 unspecified atom stereocenters. The maximum atomic E-state index is 13.7. The molecule has 8 nitrogen and oxygen atoms in total. The van der Waals surface area contributed by atoms with Crippen LogP contribution < -0.4 is 15.0 Å². The van der Waals surface area contributed by atoms with Gasteiger partial charge in [-0.25, -0.2) is 8.78 Å². The molecule has 1 aliphatic rings. The Bertz CT molecular complexity index is 1370. The fraction of sp³-hybridized carbons (Fsp3) is 0.250. The summed E-state index contributed by atoms with van der Waals surface area (Å²) in [6.07, 6.45) is -2.64. The smallest absolute Gasteiger partial charge is 0.332 e. The van der Waals surface area contributed by atoms with Crippen molar-refractivity contribution in [2.45, 2.75) is 31.9 Å². The number of hydrogen-bond donors (Lipinski definition) is 1. The number of nitrogens with one attached hydrogen (secondary N) is 1. The number of nitrogens with zero attached hydrogens (tertiary/aromatic N) is 4. The Kier molecular flexibility index (Phi) is 6.41. The molecule has 0 saturated heterocycles. The predicted molar refractivity (Wildman–Crippen MR) is 121 cm³/mol. The van der Waals surface area contributed by atoms with Crippen molar-refractivity contribution in [1.82, 2.24) is 9.78 Å².